The maximum atomic E-state index is 14.6. The van der Waals surface area contributed by atoms with E-state index >= 15 is 0 Å². The Labute approximate surface area is 215 Å². The van der Waals surface area contributed by atoms with Crippen LogP contribution in [0, 0.1) is 19.7 Å². The third-order valence-electron chi connectivity index (χ3n) is 6.85. The molecule has 10 heteroatoms. The van der Waals surface area contributed by atoms with Crippen LogP contribution in [0.5, 0.6) is 11.5 Å². The largest absolute Gasteiger partial charge is 0.454 e. The van der Waals surface area contributed by atoms with Crippen molar-refractivity contribution in [2.45, 2.75) is 25.3 Å². The summed E-state index contributed by atoms with van der Waals surface area (Å²) >= 11 is 0. The van der Waals surface area contributed by atoms with E-state index in [4.69, 9.17) is 9.47 Å². The monoisotopic (exact) mass is 525 g/mol. The van der Waals surface area contributed by atoms with E-state index in [1.165, 1.54) is 10.4 Å². The molecule has 1 saturated heterocycles. The van der Waals surface area contributed by atoms with Gasteiger partial charge in [0.05, 0.1) is 10.5 Å². The van der Waals surface area contributed by atoms with Crippen LogP contribution in [0.3, 0.4) is 0 Å². The van der Waals surface area contributed by atoms with Crippen LogP contribution in [-0.2, 0) is 16.6 Å². The van der Waals surface area contributed by atoms with Crippen molar-refractivity contribution < 1.29 is 27.1 Å². The predicted octanol–water partition coefficient (Wildman–Crippen LogP) is 3.93. The molecule has 1 N–H and O–H groups in total. The lowest BCUT2D eigenvalue weighted by Gasteiger charge is -2.34. The first-order valence-corrected chi connectivity index (χ1v) is 13.4. The third-order valence-corrected chi connectivity index (χ3v) is 8.74. The van der Waals surface area contributed by atoms with Crippen molar-refractivity contribution in [3.8, 4) is 11.5 Å². The molecule has 3 aromatic carbocycles. The maximum Gasteiger partial charge on any atom is 0.258 e. The second-order valence-electron chi connectivity index (χ2n) is 9.21. The summed E-state index contributed by atoms with van der Waals surface area (Å²) in [7, 11) is -3.90. The number of sulfonamides is 1. The van der Waals surface area contributed by atoms with E-state index in [1.807, 2.05) is 38.1 Å². The summed E-state index contributed by atoms with van der Waals surface area (Å²) in [4.78, 5) is 14.9. The van der Waals surface area contributed by atoms with Crippen LogP contribution in [0.4, 0.5) is 10.1 Å². The number of halogens is 1. The summed E-state index contributed by atoms with van der Waals surface area (Å²) in [5.41, 5.74) is 3.13. The van der Waals surface area contributed by atoms with E-state index in [9.17, 15) is 17.6 Å². The Bertz CT molecular complexity index is 1450. The van der Waals surface area contributed by atoms with Crippen LogP contribution < -0.4 is 14.8 Å². The summed E-state index contributed by atoms with van der Waals surface area (Å²) in [5, 5.41) is 2.70. The summed E-state index contributed by atoms with van der Waals surface area (Å²) in [5.74, 6) is -0.0412. The highest BCUT2D eigenvalue weighted by atomic mass is 32.2. The van der Waals surface area contributed by atoms with Gasteiger partial charge in [-0.25, -0.2) is 12.8 Å². The first-order valence-electron chi connectivity index (χ1n) is 12.0. The molecular weight excluding hydrogens is 497 g/mol. The Morgan fingerprint density at radius 3 is 2.51 bits per heavy atom. The molecule has 8 nitrogen and oxygen atoms in total. The quantitative estimate of drug-likeness (QED) is 0.525. The van der Waals surface area contributed by atoms with Crippen molar-refractivity contribution >= 4 is 21.6 Å². The molecule has 1 amide bonds. The fourth-order valence-electron chi connectivity index (χ4n) is 4.49. The van der Waals surface area contributed by atoms with Gasteiger partial charge >= 0.3 is 0 Å². The van der Waals surface area contributed by atoms with Gasteiger partial charge in [0.1, 0.15) is 5.82 Å². The molecule has 0 spiro atoms. The summed E-state index contributed by atoms with van der Waals surface area (Å²) in [6.07, 6.45) is 0. The van der Waals surface area contributed by atoms with Gasteiger partial charge in [-0.05, 0) is 66.9 Å². The number of carbonyl (C=O) groups excluding carboxylic acids is 1. The van der Waals surface area contributed by atoms with Gasteiger partial charge < -0.3 is 14.8 Å². The molecule has 194 valence electrons. The molecule has 2 aliphatic heterocycles. The smallest absolute Gasteiger partial charge is 0.258 e. The fourth-order valence-corrected chi connectivity index (χ4v) is 5.94. The minimum absolute atomic E-state index is 0.107. The van der Waals surface area contributed by atoms with E-state index < -0.39 is 21.7 Å². The van der Waals surface area contributed by atoms with Crippen LogP contribution >= 0.6 is 0 Å². The average Bonchev–Trinajstić information content (AvgIpc) is 3.35. The molecule has 0 radical (unpaired) electrons. The zero-order chi connectivity index (χ0) is 26.2. The number of aryl methyl sites for hydroxylation is 1. The average molecular weight is 526 g/mol. The number of benzene rings is 3. The number of nitrogens with one attached hydrogen (secondary N) is 1. The molecule has 5 rings (SSSR count). The second kappa shape index (κ2) is 10.1. The van der Waals surface area contributed by atoms with Gasteiger partial charge in [0.2, 0.25) is 16.8 Å². The minimum Gasteiger partial charge on any atom is -0.454 e. The number of carbonyl (C=O) groups is 1. The molecule has 1 fully saturated rings. The molecule has 0 bridgehead atoms. The number of amides is 1. The van der Waals surface area contributed by atoms with Crippen molar-refractivity contribution in [3.63, 3.8) is 0 Å². The summed E-state index contributed by atoms with van der Waals surface area (Å²) < 4.78 is 53.4. The standard InChI is InChI=1S/C27H28FN3O5S/c1-18-4-3-5-24(19(18)2)29-27(32)22-15-21(7-8-23(22)28)37(33,34)31-12-10-30(11-13-31)16-20-6-9-25-26(14-20)36-17-35-25/h3-9,14-15H,10-13,16-17H2,1-2H3,(H,29,32). The molecule has 0 atom stereocenters. The van der Waals surface area contributed by atoms with Crippen LogP contribution in [-0.4, -0.2) is 56.5 Å². The van der Waals surface area contributed by atoms with Crippen LogP contribution in [0.2, 0.25) is 0 Å². The molecule has 37 heavy (non-hydrogen) atoms. The topological polar surface area (TPSA) is 88.2 Å². The third kappa shape index (κ3) is 5.18. The zero-order valence-corrected chi connectivity index (χ0v) is 21.5. The number of ether oxygens (including phenoxy) is 2. The highest BCUT2D eigenvalue weighted by Crippen LogP contribution is 2.33. The lowest BCUT2D eigenvalue weighted by molar-refractivity contribution is 0.102. The van der Waals surface area contributed by atoms with Crippen molar-refractivity contribution in [3.05, 3.63) is 82.7 Å². The normalized spacial score (nSPS) is 16.1. The second-order valence-corrected chi connectivity index (χ2v) is 11.1. The van der Waals surface area contributed by atoms with Gasteiger partial charge in [-0.2, -0.15) is 4.31 Å². The van der Waals surface area contributed by atoms with Crippen LogP contribution in [0.1, 0.15) is 27.0 Å². The Morgan fingerprint density at radius 1 is 0.973 bits per heavy atom. The number of nitrogens with zero attached hydrogens (tertiary/aromatic N) is 2. The van der Waals surface area contributed by atoms with Crippen molar-refractivity contribution in [1.29, 1.82) is 0 Å². The summed E-state index contributed by atoms with van der Waals surface area (Å²) in [6, 6.07) is 14.6. The first kappa shape index (κ1) is 25.2. The predicted molar refractivity (Wildman–Crippen MR) is 137 cm³/mol. The maximum absolute atomic E-state index is 14.6. The molecular formula is C27H28FN3O5S. The Balaban J connectivity index is 1.26. The first-order chi connectivity index (χ1) is 17.7. The van der Waals surface area contributed by atoms with E-state index in [2.05, 4.69) is 10.2 Å². The number of rotatable bonds is 6. The number of hydrogen-bond donors (Lipinski definition) is 1. The Morgan fingerprint density at radius 2 is 1.73 bits per heavy atom. The van der Waals surface area contributed by atoms with Crippen molar-refractivity contribution in [2.75, 3.05) is 38.3 Å². The van der Waals surface area contributed by atoms with Gasteiger partial charge in [-0.1, -0.05) is 18.2 Å². The van der Waals surface area contributed by atoms with Gasteiger partial charge in [0, 0.05) is 38.4 Å². The number of anilines is 1. The lowest BCUT2D eigenvalue weighted by Crippen LogP contribution is -2.48. The molecule has 0 saturated carbocycles. The van der Waals surface area contributed by atoms with Crippen LogP contribution in [0.25, 0.3) is 0 Å². The molecule has 2 heterocycles. The van der Waals surface area contributed by atoms with Crippen molar-refractivity contribution in [2.24, 2.45) is 0 Å². The Kier molecular flexibility index (Phi) is 6.89. The Hall–Kier alpha value is -3.47. The van der Waals surface area contributed by atoms with E-state index in [0.717, 1.165) is 34.6 Å². The highest BCUT2D eigenvalue weighted by molar-refractivity contribution is 7.89. The summed E-state index contributed by atoms with van der Waals surface area (Å²) in [6.45, 7) is 6.28. The number of hydrogen-bond acceptors (Lipinski definition) is 6. The zero-order valence-electron chi connectivity index (χ0n) is 20.7. The van der Waals surface area contributed by atoms with Gasteiger partial charge in [0.15, 0.2) is 11.5 Å². The van der Waals surface area contributed by atoms with Gasteiger partial charge in [-0.15, -0.1) is 0 Å². The van der Waals surface area contributed by atoms with Crippen molar-refractivity contribution in [1.82, 2.24) is 9.21 Å². The molecule has 0 unspecified atom stereocenters. The molecule has 3 aromatic rings. The van der Waals surface area contributed by atoms with E-state index in [1.54, 1.807) is 12.1 Å². The number of piperazine rings is 1. The lowest BCUT2D eigenvalue weighted by atomic mass is 10.1. The van der Waals surface area contributed by atoms with E-state index in [0.29, 0.717) is 31.1 Å². The SMILES string of the molecule is Cc1cccc(NC(=O)c2cc(S(=O)(=O)N3CCN(Cc4ccc5c(c4)OCO5)CC3)ccc2F)c1C. The van der Waals surface area contributed by atoms with Gasteiger partial charge in [-0.3, -0.25) is 9.69 Å². The fraction of sp³-hybridized carbons (Fsp3) is 0.296. The molecule has 0 aliphatic carbocycles. The van der Waals surface area contributed by atoms with E-state index in [-0.39, 0.29) is 30.3 Å². The highest BCUT2D eigenvalue weighted by Gasteiger charge is 2.30. The van der Waals surface area contributed by atoms with Gasteiger partial charge in [0.25, 0.3) is 5.91 Å². The molecule has 2 aliphatic rings. The number of fused-ring (bicyclic) bond motifs is 1. The minimum atomic E-state index is -3.90. The molecule has 0 aromatic heterocycles. The van der Waals surface area contributed by atoms with Crippen LogP contribution in [0.15, 0.2) is 59.5 Å².